The fourth-order valence-corrected chi connectivity index (χ4v) is 3.92. The van der Waals surface area contributed by atoms with Gasteiger partial charge in [0, 0.05) is 60.1 Å². The smallest absolute Gasteiger partial charge is 0.248 e. The molecule has 0 radical (unpaired) electrons. The third kappa shape index (κ3) is 3.83. The first-order valence-corrected chi connectivity index (χ1v) is 9.92. The zero-order valence-corrected chi connectivity index (χ0v) is 16.8. The molecule has 1 aromatic heterocycles. The number of aromatic nitrogens is 1. The van der Waals surface area contributed by atoms with E-state index in [-0.39, 0.29) is 11.8 Å². The number of rotatable bonds is 5. The van der Waals surface area contributed by atoms with Gasteiger partial charge in [-0.05, 0) is 42.3 Å². The number of hydrogen-bond acceptors (Lipinski definition) is 3. The van der Waals surface area contributed by atoms with E-state index in [2.05, 4.69) is 11.4 Å². The maximum atomic E-state index is 12.5. The third-order valence-corrected chi connectivity index (χ3v) is 5.32. The van der Waals surface area contributed by atoms with Crippen molar-refractivity contribution in [2.24, 2.45) is 0 Å². The number of carbonyl (C=O) groups is 2. The van der Waals surface area contributed by atoms with Crippen LogP contribution < -0.4 is 10.2 Å². The molecular formula is C24H22N4O2. The minimum absolute atomic E-state index is 0.0300. The molecule has 0 spiro atoms. The van der Waals surface area contributed by atoms with E-state index < -0.39 is 0 Å². The second-order valence-electron chi connectivity index (χ2n) is 7.29. The summed E-state index contributed by atoms with van der Waals surface area (Å²) in [6.07, 6.45) is 6.51. The number of nitriles is 1. The van der Waals surface area contributed by atoms with Gasteiger partial charge in [0.2, 0.25) is 11.8 Å². The molecule has 0 unspecified atom stereocenters. The number of para-hydroxylation sites is 1. The monoisotopic (exact) mass is 398 g/mol. The second kappa shape index (κ2) is 8.26. The van der Waals surface area contributed by atoms with Crippen LogP contribution in [0.5, 0.6) is 0 Å². The summed E-state index contributed by atoms with van der Waals surface area (Å²) in [5.41, 5.74) is 4.67. The van der Waals surface area contributed by atoms with Crippen LogP contribution in [0.4, 0.5) is 11.4 Å². The number of anilines is 2. The van der Waals surface area contributed by atoms with Crippen LogP contribution in [0.15, 0.2) is 54.7 Å². The molecule has 30 heavy (non-hydrogen) atoms. The molecule has 1 N–H and O–H groups in total. The lowest BCUT2D eigenvalue weighted by Gasteiger charge is -2.14. The maximum absolute atomic E-state index is 12.5. The average Bonchev–Trinajstić information content (AvgIpc) is 3.32. The van der Waals surface area contributed by atoms with Crippen molar-refractivity contribution in [3.63, 3.8) is 0 Å². The van der Waals surface area contributed by atoms with Gasteiger partial charge in [0.15, 0.2) is 0 Å². The van der Waals surface area contributed by atoms with E-state index in [4.69, 9.17) is 5.26 Å². The molecule has 150 valence electrons. The lowest BCUT2D eigenvalue weighted by Crippen LogP contribution is -2.25. The van der Waals surface area contributed by atoms with Crippen LogP contribution in [0.3, 0.4) is 0 Å². The number of nitrogens with zero attached hydrogens (tertiary/aromatic N) is 3. The highest BCUT2D eigenvalue weighted by atomic mass is 16.2. The summed E-state index contributed by atoms with van der Waals surface area (Å²) in [5.74, 6) is -0.187. The Kier molecular flexibility index (Phi) is 5.36. The molecule has 0 saturated carbocycles. The number of nitrogens with one attached hydrogen (secondary N) is 1. The Balaban J connectivity index is 1.50. The fourth-order valence-electron chi connectivity index (χ4n) is 3.92. The van der Waals surface area contributed by atoms with Gasteiger partial charge in [-0.1, -0.05) is 18.2 Å². The van der Waals surface area contributed by atoms with Crippen molar-refractivity contribution in [1.82, 2.24) is 4.57 Å². The highest BCUT2D eigenvalue weighted by Crippen LogP contribution is 2.30. The topological polar surface area (TPSA) is 78.1 Å². The highest BCUT2D eigenvalue weighted by Gasteiger charge is 2.22. The largest absolute Gasteiger partial charge is 0.346 e. The third-order valence-electron chi connectivity index (χ3n) is 5.32. The van der Waals surface area contributed by atoms with Gasteiger partial charge in [-0.2, -0.15) is 5.26 Å². The van der Waals surface area contributed by atoms with E-state index >= 15 is 0 Å². The molecule has 0 fully saturated rings. The first-order chi connectivity index (χ1) is 14.6. The summed E-state index contributed by atoms with van der Waals surface area (Å²) < 4.78 is 2.04. The summed E-state index contributed by atoms with van der Waals surface area (Å²) in [7, 11) is 0. The first kappa shape index (κ1) is 19.5. The number of carbonyl (C=O) groups excluding carboxylic acids is 2. The molecule has 2 aromatic carbocycles. The number of fused-ring (bicyclic) bond motifs is 2. The normalized spacial score (nSPS) is 12.9. The SMILES string of the molecule is CC(=O)N1CCc2cc(NC(=O)/C=C/c3cn(CCC#N)c4ccccc34)ccc21. The Hall–Kier alpha value is -3.85. The Labute approximate surface area is 175 Å². The van der Waals surface area contributed by atoms with Gasteiger partial charge < -0.3 is 14.8 Å². The molecule has 4 rings (SSSR count). The predicted octanol–water partition coefficient (Wildman–Crippen LogP) is 4.12. The van der Waals surface area contributed by atoms with Gasteiger partial charge >= 0.3 is 0 Å². The van der Waals surface area contributed by atoms with E-state index in [1.807, 2.05) is 53.2 Å². The molecule has 6 nitrogen and oxygen atoms in total. The Bertz CT molecular complexity index is 1200. The van der Waals surface area contributed by atoms with Crippen molar-refractivity contribution >= 4 is 40.2 Å². The van der Waals surface area contributed by atoms with Crippen molar-refractivity contribution in [1.29, 1.82) is 5.26 Å². The van der Waals surface area contributed by atoms with E-state index in [0.29, 0.717) is 25.2 Å². The van der Waals surface area contributed by atoms with Crippen LogP contribution in [0.1, 0.15) is 24.5 Å². The summed E-state index contributed by atoms with van der Waals surface area (Å²) >= 11 is 0. The van der Waals surface area contributed by atoms with Gasteiger partial charge in [-0.25, -0.2) is 0 Å². The lowest BCUT2D eigenvalue weighted by atomic mass is 10.1. The van der Waals surface area contributed by atoms with E-state index in [1.165, 1.54) is 6.08 Å². The molecule has 2 amide bonds. The minimum atomic E-state index is -0.217. The number of hydrogen-bond donors (Lipinski definition) is 1. The summed E-state index contributed by atoms with van der Waals surface area (Å²) in [5, 5.41) is 12.8. The standard InChI is InChI=1S/C24H22N4O2/c1-17(29)28-14-11-18-15-20(8-9-22(18)28)26-24(30)10-7-19-16-27(13-4-12-25)23-6-3-2-5-21(19)23/h2-3,5-10,15-16H,4,11,13-14H2,1H3,(H,26,30)/b10-7+. The molecule has 6 heteroatoms. The van der Waals surface area contributed by atoms with Gasteiger partial charge in [0.05, 0.1) is 12.5 Å². The van der Waals surface area contributed by atoms with Crippen molar-refractivity contribution in [3.05, 3.63) is 65.9 Å². The quantitative estimate of drug-likeness (QED) is 0.657. The van der Waals surface area contributed by atoms with E-state index in [0.717, 1.165) is 34.1 Å². The van der Waals surface area contributed by atoms with Crippen LogP contribution in [-0.4, -0.2) is 22.9 Å². The van der Waals surface area contributed by atoms with Gasteiger partial charge in [0.1, 0.15) is 0 Å². The van der Waals surface area contributed by atoms with Crippen molar-refractivity contribution in [2.75, 3.05) is 16.8 Å². The summed E-state index contributed by atoms with van der Waals surface area (Å²) in [6.45, 7) is 2.86. The summed E-state index contributed by atoms with van der Waals surface area (Å²) in [6, 6.07) is 15.7. The molecule has 2 heterocycles. The summed E-state index contributed by atoms with van der Waals surface area (Å²) in [4.78, 5) is 25.9. The average molecular weight is 398 g/mol. The molecule has 0 saturated heterocycles. The molecule has 0 bridgehead atoms. The van der Waals surface area contributed by atoms with Crippen LogP contribution in [0.25, 0.3) is 17.0 Å². The Morgan fingerprint density at radius 2 is 2.07 bits per heavy atom. The van der Waals surface area contributed by atoms with E-state index in [1.54, 1.807) is 17.9 Å². The highest BCUT2D eigenvalue weighted by molar-refractivity contribution is 6.04. The Morgan fingerprint density at radius 1 is 1.23 bits per heavy atom. The van der Waals surface area contributed by atoms with Crippen molar-refractivity contribution in [3.8, 4) is 6.07 Å². The van der Waals surface area contributed by atoms with Crippen LogP contribution in [0.2, 0.25) is 0 Å². The molecule has 3 aromatic rings. The second-order valence-corrected chi connectivity index (χ2v) is 7.29. The number of aryl methyl sites for hydroxylation is 1. The molecule has 0 atom stereocenters. The van der Waals surface area contributed by atoms with Gasteiger partial charge in [-0.15, -0.1) is 0 Å². The lowest BCUT2D eigenvalue weighted by molar-refractivity contribution is -0.116. The van der Waals surface area contributed by atoms with Crippen LogP contribution >= 0.6 is 0 Å². The zero-order chi connectivity index (χ0) is 21.1. The fraction of sp³-hybridized carbons (Fsp3) is 0.208. The molecule has 1 aliphatic heterocycles. The van der Waals surface area contributed by atoms with Crippen LogP contribution in [0, 0.1) is 11.3 Å². The van der Waals surface area contributed by atoms with Crippen LogP contribution in [-0.2, 0) is 22.6 Å². The molecule has 1 aliphatic rings. The zero-order valence-electron chi connectivity index (χ0n) is 16.8. The number of benzene rings is 2. The Morgan fingerprint density at radius 3 is 2.87 bits per heavy atom. The van der Waals surface area contributed by atoms with Crippen molar-refractivity contribution < 1.29 is 9.59 Å². The number of amides is 2. The maximum Gasteiger partial charge on any atom is 0.248 e. The van der Waals surface area contributed by atoms with Gasteiger partial charge in [-0.3, -0.25) is 9.59 Å². The molecule has 0 aliphatic carbocycles. The van der Waals surface area contributed by atoms with E-state index in [9.17, 15) is 9.59 Å². The van der Waals surface area contributed by atoms with Gasteiger partial charge in [0.25, 0.3) is 0 Å². The minimum Gasteiger partial charge on any atom is -0.346 e. The first-order valence-electron chi connectivity index (χ1n) is 9.92. The van der Waals surface area contributed by atoms with Crippen molar-refractivity contribution in [2.45, 2.75) is 26.3 Å². The predicted molar refractivity (Wildman–Crippen MR) is 118 cm³/mol. The molecular weight excluding hydrogens is 376 g/mol.